The highest BCUT2D eigenvalue weighted by atomic mass is 35.5. The summed E-state index contributed by atoms with van der Waals surface area (Å²) in [5.74, 6) is 0.527. The summed E-state index contributed by atoms with van der Waals surface area (Å²) >= 11 is 6.01. The van der Waals surface area contributed by atoms with E-state index in [2.05, 4.69) is 52.1 Å². The van der Waals surface area contributed by atoms with E-state index >= 15 is 0 Å². The number of halogens is 1. The van der Waals surface area contributed by atoms with Gasteiger partial charge >= 0.3 is 0 Å². The fourth-order valence-electron chi connectivity index (χ4n) is 1.60. The van der Waals surface area contributed by atoms with Gasteiger partial charge in [-0.25, -0.2) is 0 Å². The Labute approximate surface area is 116 Å². The molecule has 1 rings (SSSR count). The first-order chi connectivity index (χ1) is 8.28. The highest BCUT2D eigenvalue weighted by Crippen LogP contribution is 2.18. The van der Waals surface area contributed by atoms with Gasteiger partial charge in [0.25, 0.3) is 0 Å². The lowest BCUT2D eigenvalue weighted by molar-refractivity contribution is 0.437. The molecule has 100 valence electrons. The molecule has 0 saturated heterocycles. The van der Waals surface area contributed by atoms with Crippen molar-refractivity contribution in [3.05, 3.63) is 40.4 Å². The van der Waals surface area contributed by atoms with E-state index in [1.165, 1.54) is 11.1 Å². The SMILES string of the molecule is CC(C)C(=Cc1cccc(Cl)c1)CNC(C)(C)C. The molecule has 0 aliphatic heterocycles. The maximum Gasteiger partial charge on any atom is 0.0411 e. The fraction of sp³-hybridized carbons (Fsp3) is 0.500. The van der Waals surface area contributed by atoms with Crippen molar-refractivity contribution in [3.8, 4) is 0 Å². The average molecular weight is 266 g/mol. The third-order valence-electron chi connectivity index (χ3n) is 2.77. The van der Waals surface area contributed by atoms with Crippen molar-refractivity contribution < 1.29 is 0 Å². The molecular formula is C16H24ClN. The van der Waals surface area contributed by atoms with Crippen LogP contribution in [-0.2, 0) is 0 Å². The van der Waals surface area contributed by atoms with Gasteiger partial charge in [0.2, 0.25) is 0 Å². The molecule has 0 aliphatic carbocycles. The summed E-state index contributed by atoms with van der Waals surface area (Å²) in [5.41, 5.74) is 2.71. The molecule has 0 radical (unpaired) electrons. The minimum Gasteiger partial charge on any atom is -0.308 e. The van der Waals surface area contributed by atoms with Gasteiger partial charge in [-0.15, -0.1) is 0 Å². The molecule has 2 heteroatoms. The van der Waals surface area contributed by atoms with E-state index < -0.39 is 0 Å². The summed E-state index contributed by atoms with van der Waals surface area (Å²) in [6.07, 6.45) is 2.23. The number of nitrogens with one attached hydrogen (secondary N) is 1. The van der Waals surface area contributed by atoms with Gasteiger partial charge in [-0.3, -0.25) is 0 Å². The van der Waals surface area contributed by atoms with Gasteiger partial charge < -0.3 is 5.32 Å². The van der Waals surface area contributed by atoms with E-state index in [1.54, 1.807) is 0 Å². The Morgan fingerprint density at radius 1 is 1.33 bits per heavy atom. The number of hydrogen-bond donors (Lipinski definition) is 1. The van der Waals surface area contributed by atoms with Crippen molar-refractivity contribution in [2.75, 3.05) is 6.54 Å². The first-order valence-electron chi connectivity index (χ1n) is 6.49. The van der Waals surface area contributed by atoms with Crippen LogP contribution in [0.4, 0.5) is 0 Å². The second-order valence-corrected chi connectivity index (χ2v) is 6.47. The molecule has 1 nitrogen and oxygen atoms in total. The lowest BCUT2D eigenvalue weighted by Crippen LogP contribution is -2.37. The van der Waals surface area contributed by atoms with Crippen LogP contribution in [0.2, 0.25) is 5.02 Å². The van der Waals surface area contributed by atoms with Crippen LogP contribution in [0.3, 0.4) is 0 Å². The normalized spacial score (nSPS) is 13.2. The highest BCUT2D eigenvalue weighted by molar-refractivity contribution is 6.30. The van der Waals surface area contributed by atoms with Gasteiger partial charge in [-0.1, -0.05) is 49.2 Å². The molecule has 0 spiro atoms. The van der Waals surface area contributed by atoms with Crippen molar-refractivity contribution in [2.45, 2.75) is 40.2 Å². The average Bonchev–Trinajstić information content (AvgIpc) is 2.22. The second-order valence-electron chi connectivity index (χ2n) is 6.03. The number of rotatable bonds is 4. The lowest BCUT2D eigenvalue weighted by Gasteiger charge is -2.23. The van der Waals surface area contributed by atoms with Gasteiger partial charge in [0.1, 0.15) is 0 Å². The topological polar surface area (TPSA) is 12.0 Å². The molecule has 1 N–H and O–H groups in total. The molecule has 0 bridgehead atoms. The van der Waals surface area contributed by atoms with Crippen LogP contribution in [-0.4, -0.2) is 12.1 Å². The zero-order chi connectivity index (χ0) is 13.8. The molecule has 0 heterocycles. The molecule has 0 atom stereocenters. The Balaban J connectivity index is 2.85. The Hall–Kier alpha value is -0.790. The zero-order valence-electron chi connectivity index (χ0n) is 12.0. The van der Waals surface area contributed by atoms with E-state index in [0.29, 0.717) is 5.92 Å². The van der Waals surface area contributed by atoms with Gasteiger partial charge in [0.05, 0.1) is 0 Å². The van der Waals surface area contributed by atoms with Crippen LogP contribution in [0.1, 0.15) is 40.2 Å². The van der Waals surface area contributed by atoms with Crippen molar-refractivity contribution in [1.29, 1.82) is 0 Å². The maximum absolute atomic E-state index is 6.01. The molecule has 1 aromatic rings. The lowest BCUT2D eigenvalue weighted by atomic mass is 9.99. The maximum atomic E-state index is 6.01. The van der Waals surface area contributed by atoms with Gasteiger partial charge in [0.15, 0.2) is 0 Å². The van der Waals surface area contributed by atoms with E-state index in [-0.39, 0.29) is 5.54 Å². The predicted octanol–water partition coefficient (Wildman–Crippen LogP) is 4.77. The first kappa shape index (κ1) is 15.3. The van der Waals surface area contributed by atoms with Gasteiger partial charge in [-0.2, -0.15) is 0 Å². The molecule has 0 unspecified atom stereocenters. The summed E-state index contributed by atoms with van der Waals surface area (Å²) < 4.78 is 0. The fourth-order valence-corrected chi connectivity index (χ4v) is 1.80. The third kappa shape index (κ3) is 5.70. The molecule has 18 heavy (non-hydrogen) atoms. The van der Waals surface area contributed by atoms with Crippen LogP contribution < -0.4 is 5.32 Å². The molecule has 0 fully saturated rings. The Kier molecular flexibility index (Phi) is 5.43. The Morgan fingerprint density at radius 3 is 2.50 bits per heavy atom. The van der Waals surface area contributed by atoms with Crippen LogP contribution in [0.15, 0.2) is 29.8 Å². The van der Waals surface area contributed by atoms with Crippen LogP contribution >= 0.6 is 11.6 Å². The smallest absolute Gasteiger partial charge is 0.0411 e. The van der Waals surface area contributed by atoms with Crippen molar-refractivity contribution in [3.63, 3.8) is 0 Å². The first-order valence-corrected chi connectivity index (χ1v) is 6.87. The van der Waals surface area contributed by atoms with Crippen molar-refractivity contribution in [1.82, 2.24) is 5.32 Å². The quantitative estimate of drug-likeness (QED) is 0.827. The molecular weight excluding hydrogens is 242 g/mol. The minimum atomic E-state index is 0.141. The molecule has 1 aromatic carbocycles. The standard InChI is InChI=1S/C16H24ClN/c1-12(2)14(11-18-16(3,4)5)9-13-7-6-8-15(17)10-13/h6-10,12,18H,11H2,1-5H3. The monoisotopic (exact) mass is 265 g/mol. The predicted molar refractivity (Wildman–Crippen MR) is 82.0 cm³/mol. The summed E-state index contributed by atoms with van der Waals surface area (Å²) in [7, 11) is 0. The number of benzene rings is 1. The van der Waals surface area contributed by atoms with Crippen LogP contribution in [0.25, 0.3) is 6.08 Å². The number of hydrogen-bond acceptors (Lipinski definition) is 1. The van der Waals surface area contributed by atoms with E-state index in [9.17, 15) is 0 Å². The van der Waals surface area contributed by atoms with E-state index in [0.717, 1.165) is 11.6 Å². The molecule has 0 aliphatic rings. The van der Waals surface area contributed by atoms with Crippen LogP contribution in [0, 0.1) is 5.92 Å². The third-order valence-corrected chi connectivity index (χ3v) is 3.00. The molecule has 0 amide bonds. The van der Waals surface area contributed by atoms with Gasteiger partial charge in [-0.05, 0) is 44.4 Å². The summed E-state index contributed by atoms with van der Waals surface area (Å²) in [6.45, 7) is 11.9. The van der Waals surface area contributed by atoms with E-state index in [1.807, 2.05) is 18.2 Å². The summed E-state index contributed by atoms with van der Waals surface area (Å²) in [6, 6.07) is 7.98. The molecule has 0 saturated carbocycles. The molecule has 0 aromatic heterocycles. The summed E-state index contributed by atoms with van der Waals surface area (Å²) in [5, 5.41) is 4.32. The minimum absolute atomic E-state index is 0.141. The Bertz CT molecular complexity index is 413. The van der Waals surface area contributed by atoms with Gasteiger partial charge in [0, 0.05) is 17.1 Å². The highest BCUT2D eigenvalue weighted by Gasteiger charge is 2.11. The van der Waals surface area contributed by atoms with Crippen molar-refractivity contribution in [2.24, 2.45) is 5.92 Å². The van der Waals surface area contributed by atoms with Crippen LogP contribution in [0.5, 0.6) is 0 Å². The second kappa shape index (κ2) is 6.40. The van der Waals surface area contributed by atoms with Crippen molar-refractivity contribution >= 4 is 17.7 Å². The van der Waals surface area contributed by atoms with E-state index in [4.69, 9.17) is 11.6 Å². The zero-order valence-corrected chi connectivity index (χ0v) is 12.8. The summed E-state index contributed by atoms with van der Waals surface area (Å²) in [4.78, 5) is 0. The Morgan fingerprint density at radius 2 is 2.00 bits per heavy atom. The largest absolute Gasteiger partial charge is 0.308 e.